The second-order valence-corrected chi connectivity index (χ2v) is 5.09. The van der Waals surface area contributed by atoms with Crippen LogP contribution in [0.4, 0.5) is 5.69 Å². The lowest BCUT2D eigenvalue weighted by Crippen LogP contribution is -2.03. The summed E-state index contributed by atoms with van der Waals surface area (Å²) >= 11 is 0. The molecule has 0 spiro atoms. The number of nitrogens with zero attached hydrogens (tertiary/aromatic N) is 3. The van der Waals surface area contributed by atoms with Crippen molar-refractivity contribution in [1.82, 2.24) is 14.5 Å². The molecule has 20 heavy (non-hydrogen) atoms. The van der Waals surface area contributed by atoms with Crippen molar-refractivity contribution in [3.8, 4) is 11.4 Å². The molecule has 4 nitrogen and oxygen atoms in total. The molecule has 0 amide bonds. The smallest absolute Gasteiger partial charge is 0.141 e. The molecule has 0 aliphatic carbocycles. The Kier molecular flexibility index (Phi) is 3.14. The van der Waals surface area contributed by atoms with Gasteiger partial charge in [-0.2, -0.15) is 0 Å². The maximum absolute atomic E-state index is 4.74. The molecule has 0 aliphatic heterocycles. The van der Waals surface area contributed by atoms with Gasteiger partial charge in [0.15, 0.2) is 0 Å². The van der Waals surface area contributed by atoms with Gasteiger partial charge >= 0.3 is 0 Å². The Bertz CT molecular complexity index is 726. The molecule has 0 aliphatic rings. The maximum atomic E-state index is 4.74. The zero-order valence-electron chi connectivity index (χ0n) is 12.0. The number of anilines is 1. The largest absolute Gasteiger partial charge is 0.388 e. The molecule has 0 fully saturated rings. The Morgan fingerprint density at radius 2 is 1.85 bits per heavy atom. The Balaban J connectivity index is 2.21. The predicted molar refractivity (Wildman–Crippen MR) is 82.9 cm³/mol. The lowest BCUT2D eigenvalue weighted by atomic mass is 10.2. The fraction of sp³-hybridized carbons (Fsp3) is 0.250. The highest BCUT2D eigenvalue weighted by molar-refractivity contribution is 5.80. The molecule has 0 saturated carbocycles. The van der Waals surface area contributed by atoms with E-state index in [9.17, 15) is 0 Å². The SMILES string of the molecule is CNc1ccc(-c2nc3cnccc3n2C(C)C)cc1. The van der Waals surface area contributed by atoms with E-state index in [1.807, 2.05) is 25.5 Å². The molecule has 0 saturated heterocycles. The molecule has 2 heterocycles. The molecule has 102 valence electrons. The number of aromatic nitrogens is 3. The van der Waals surface area contributed by atoms with E-state index in [2.05, 4.69) is 53.0 Å². The molecule has 0 bridgehead atoms. The third kappa shape index (κ3) is 2.03. The predicted octanol–water partition coefficient (Wildman–Crippen LogP) is 3.72. The summed E-state index contributed by atoms with van der Waals surface area (Å²) in [5.41, 5.74) is 4.29. The number of benzene rings is 1. The van der Waals surface area contributed by atoms with Gasteiger partial charge in [-0.05, 0) is 44.2 Å². The van der Waals surface area contributed by atoms with Gasteiger partial charge in [-0.3, -0.25) is 4.98 Å². The van der Waals surface area contributed by atoms with Gasteiger partial charge in [-0.1, -0.05) is 0 Å². The van der Waals surface area contributed by atoms with Gasteiger partial charge in [0.05, 0.1) is 11.7 Å². The number of pyridine rings is 1. The van der Waals surface area contributed by atoms with Gasteiger partial charge in [-0.25, -0.2) is 4.98 Å². The fourth-order valence-corrected chi connectivity index (χ4v) is 2.46. The van der Waals surface area contributed by atoms with Crippen LogP contribution in [-0.2, 0) is 0 Å². The standard InChI is InChI=1S/C16H18N4/c1-11(2)20-15-8-9-18-10-14(15)19-16(20)12-4-6-13(17-3)7-5-12/h4-11,17H,1-3H3. The number of hydrogen-bond donors (Lipinski definition) is 1. The molecule has 1 N–H and O–H groups in total. The summed E-state index contributed by atoms with van der Waals surface area (Å²) in [6, 6.07) is 10.7. The molecule has 1 aromatic carbocycles. The van der Waals surface area contributed by atoms with Crippen LogP contribution in [-0.4, -0.2) is 21.6 Å². The molecule has 3 aromatic rings. The van der Waals surface area contributed by atoms with Gasteiger partial charge in [0, 0.05) is 30.5 Å². The molecule has 0 atom stereocenters. The number of rotatable bonds is 3. The second-order valence-electron chi connectivity index (χ2n) is 5.09. The Hall–Kier alpha value is -2.36. The monoisotopic (exact) mass is 266 g/mol. The number of imidazole rings is 1. The summed E-state index contributed by atoms with van der Waals surface area (Å²) in [6.45, 7) is 4.35. The average molecular weight is 266 g/mol. The first-order chi connectivity index (χ1) is 9.70. The maximum Gasteiger partial charge on any atom is 0.141 e. The van der Waals surface area contributed by atoms with E-state index in [4.69, 9.17) is 4.98 Å². The van der Waals surface area contributed by atoms with Gasteiger partial charge in [0.25, 0.3) is 0 Å². The first-order valence-corrected chi connectivity index (χ1v) is 6.81. The van der Waals surface area contributed by atoms with E-state index < -0.39 is 0 Å². The van der Waals surface area contributed by atoms with Crippen molar-refractivity contribution in [2.24, 2.45) is 0 Å². The van der Waals surface area contributed by atoms with Crippen LogP contribution < -0.4 is 5.32 Å². The number of nitrogens with one attached hydrogen (secondary N) is 1. The molecule has 2 aromatic heterocycles. The van der Waals surface area contributed by atoms with Crippen LogP contribution >= 0.6 is 0 Å². The van der Waals surface area contributed by atoms with E-state index in [0.717, 1.165) is 28.1 Å². The fourth-order valence-electron chi connectivity index (χ4n) is 2.46. The van der Waals surface area contributed by atoms with Crippen LogP contribution in [0.25, 0.3) is 22.4 Å². The number of hydrogen-bond acceptors (Lipinski definition) is 3. The van der Waals surface area contributed by atoms with Crippen molar-refractivity contribution in [1.29, 1.82) is 0 Å². The second kappa shape index (κ2) is 4.96. The van der Waals surface area contributed by atoms with E-state index in [0.29, 0.717) is 6.04 Å². The lowest BCUT2D eigenvalue weighted by molar-refractivity contribution is 0.624. The van der Waals surface area contributed by atoms with Crippen LogP contribution in [0.15, 0.2) is 42.7 Å². The van der Waals surface area contributed by atoms with Crippen LogP contribution in [0.1, 0.15) is 19.9 Å². The van der Waals surface area contributed by atoms with Crippen LogP contribution in [0.5, 0.6) is 0 Å². The van der Waals surface area contributed by atoms with E-state index in [1.165, 1.54) is 0 Å². The van der Waals surface area contributed by atoms with E-state index in [1.54, 1.807) is 0 Å². The summed E-state index contributed by atoms with van der Waals surface area (Å²) in [6.07, 6.45) is 3.64. The Morgan fingerprint density at radius 3 is 2.50 bits per heavy atom. The zero-order valence-corrected chi connectivity index (χ0v) is 12.0. The summed E-state index contributed by atoms with van der Waals surface area (Å²) in [5, 5.41) is 3.13. The van der Waals surface area contributed by atoms with Gasteiger partial charge in [-0.15, -0.1) is 0 Å². The summed E-state index contributed by atoms with van der Waals surface area (Å²) in [7, 11) is 1.92. The molecule has 0 radical (unpaired) electrons. The summed E-state index contributed by atoms with van der Waals surface area (Å²) < 4.78 is 2.26. The van der Waals surface area contributed by atoms with E-state index in [-0.39, 0.29) is 0 Å². The molecule has 3 rings (SSSR count). The topological polar surface area (TPSA) is 42.7 Å². The van der Waals surface area contributed by atoms with Crippen molar-refractivity contribution < 1.29 is 0 Å². The van der Waals surface area contributed by atoms with Crippen molar-refractivity contribution in [3.63, 3.8) is 0 Å². The first kappa shape index (κ1) is 12.7. The van der Waals surface area contributed by atoms with Crippen molar-refractivity contribution in [3.05, 3.63) is 42.7 Å². The minimum Gasteiger partial charge on any atom is -0.388 e. The number of fused-ring (bicyclic) bond motifs is 1. The molecule has 4 heteroatoms. The normalized spacial score (nSPS) is 11.2. The lowest BCUT2D eigenvalue weighted by Gasteiger charge is -2.13. The van der Waals surface area contributed by atoms with Gasteiger partial charge in [0.2, 0.25) is 0 Å². The van der Waals surface area contributed by atoms with Crippen LogP contribution in [0, 0.1) is 0 Å². The molecule has 0 unspecified atom stereocenters. The Morgan fingerprint density at radius 1 is 1.10 bits per heavy atom. The first-order valence-electron chi connectivity index (χ1n) is 6.81. The Labute approximate surface area is 118 Å². The van der Waals surface area contributed by atoms with Crippen molar-refractivity contribution in [2.75, 3.05) is 12.4 Å². The third-order valence-corrected chi connectivity index (χ3v) is 3.44. The van der Waals surface area contributed by atoms with Gasteiger partial charge in [0.1, 0.15) is 11.3 Å². The minimum absolute atomic E-state index is 0.348. The molecular weight excluding hydrogens is 248 g/mol. The average Bonchev–Trinajstić information content (AvgIpc) is 2.86. The van der Waals surface area contributed by atoms with Crippen LogP contribution in [0.3, 0.4) is 0 Å². The van der Waals surface area contributed by atoms with Crippen molar-refractivity contribution in [2.45, 2.75) is 19.9 Å². The highest BCUT2D eigenvalue weighted by Crippen LogP contribution is 2.28. The third-order valence-electron chi connectivity index (χ3n) is 3.44. The highest BCUT2D eigenvalue weighted by atomic mass is 15.1. The van der Waals surface area contributed by atoms with Gasteiger partial charge < -0.3 is 9.88 Å². The quantitative estimate of drug-likeness (QED) is 0.785. The van der Waals surface area contributed by atoms with E-state index >= 15 is 0 Å². The minimum atomic E-state index is 0.348. The van der Waals surface area contributed by atoms with Crippen LogP contribution in [0.2, 0.25) is 0 Å². The zero-order chi connectivity index (χ0) is 14.1. The van der Waals surface area contributed by atoms with Crippen molar-refractivity contribution >= 4 is 16.7 Å². The summed E-state index contributed by atoms with van der Waals surface area (Å²) in [4.78, 5) is 8.90. The molecular formula is C16H18N4. The highest BCUT2D eigenvalue weighted by Gasteiger charge is 2.14. The summed E-state index contributed by atoms with van der Waals surface area (Å²) in [5.74, 6) is 0.991.